The highest BCUT2D eigenvalue weighted by Gasteiger charge is 2.15. The first-order valence-electron chi connectivity index (χ1n) is 10.9. The lowest BCUT2D eigenvalue weighted by atomic mass is 10.2. The van der Waals surface area contributed by atoms with Crippen molar-refractivity contribution in [3.05, 3.63) is 41.6 Å². The van der Waals surface area contributed by atoms with E-state index >= 15 is 0 Å². The number of nitrogens with zero attached hydrogens (tertiary/aromatic N) is 5. The van der Waals surface area contributed by atoms with Gasteiger partial charge in [0.1, 0.15) is 0 Å². The minimum Gasteiger partial charge on any atom is -0.481 e. The second kappa shape index (κ2) is 12.6. The summed E-state index contributed by atoms with van der Waals surface area (Å²) in [5, 5.41) is 11.0. The predicted octanol–water partition coefficient (Wildman–Crippen LogP) is 1.64. The van der Waals surface area contributed by atoms with E-state index in [2.05, 4.69) is 46.7 Å². The number of carbonyl (C=O) groups excluding carboxylic acids is 1. The van der Waals surface area contributed by atoms with Crippen molar-refractivity contribution >= 4 is 17.6 Å². The summed E-state index contributed by atoms with van der Waals surface area (Å²) in [6.45, 7) is 4.27. The fourth-order valence-electron chi connectivity index (χ4n) is 3.29. The SMILES string of the molecule is CCc1nn(C)c(OC)c1CN=C(NCCCN(C)c1ccccc1)NCC(=O)N(C)C. The number of guanidine groups is 1. The fraction of sp³-hybridized carbons (Fsp3) is 0.522. The van der Waals surface area contributed by atoms with Gasteiger partial charge in [-0.2, -0.15) is 5.10 Å². The van der Waals surface area contributed by atoms with Gasteiger partial charge in [0.15, 0.2) is 5.96 Å². The molecule has 0 spiro atoms. The van der Waals surface area contributed by atoms with Crippen LogP contribution in [-0.2, 0) is 24.8 Å². The number of rotatable bonds is 11. The van der Waals surface area contributed by atoms with Crippen LogP contribution >= 0.6 is 0 Å². The van der Waals surface area contributed by atoms with Gasteiger partial charge in [0, 0.05) is 47.0 Å². The molecule has 1 heterocycles. The Morgan fingerprint density at radius 2 is 1.91 bits per heavy atom. The van der Waals surface area contributed by atoms with Crippen LogP contribution in [0.4, 0.5) is 5.69 Å². The summed E-state index contributed by atoms with van der Waals surface area (Å²) < 4.78 is 7.25. The van der Waals surface area contributed by atoms with E-state index in [1.165, 1.54) is 5.69 Å². The molecule has 0 saturated carbocycles. The van der Waals surface area contributed by atoms with Gasteiger partial charge in [-0.1, -0.05) is 25.1 Å². The Kier molecular flexibility index (Phi) is 9.84. The number of ether oxygens (including phenoxy) is 1. The van der Waals surface area contributed by atoms with E-state index in [1.807, 2.05) is 25.2 Å². The van der Waals surface area contributed by atoms with Gasteiger partial charge >= 0.3 is 0 Å². The number of methoxy groups -OCH3 is 1. The molecule has 1 aromatic carbocycles. The first kappa shape index (κ1) is 25.0. The molecule has 0 unspecified atom stereocenters. The van der Waals surface area contributed by atoms with Gasteiger partial charge in [-0.15, -0.1) is 0 Å². The number of aryl methyl sites for hydroxylation is 2. The molecular formula is C23H37N7O2. The molecule has 1 aromatic heterocycles. The molecule has 2 aromatic rings. The monoisotopic (exact) mass is 443 g/mol. The average molecular weight is 444 g/mol. The Balaban J connectivity index is 2.01. The average Bonchev–Trinajstić information content (AvgIpc) is 3.12. The smallest absolute Gasteiger partial charge is 0.241 e. The van der Waals surface area contributed by atoms with Gasteiger partial charge in [-0.05, 0) is 25.0 Å². The van der Waals surface area contributed by atoms with Gasteiger partial charge in [0.25, 0.3) is 0 Å². The number of anilines is 1. The molecule has 0 aliphatic rings. The van der Waals surface area contributed by atoms with E-state index in [0.29, 0.717) is 18.4 Å². The van der Waals surface area contributed by atoms with Crippen LogP contribution < -0.4 is 20.3 Å². The maximum absolute atomic E-state index is 12.0. The van der Waals surface area contributed by atoms with Crippen LogP contribution in [0.1, 0.15) is 24.6 Å². The van der Waals surface area contributed by atoms with Crippen LogP contribution in [0.15, 0.2) is 35.3 Å². The van der Waals surface area contributed by atoms with Gasteiger partial charge in [0.2, 0.25) is 11.8 Å². The maximum Gasteiger partial charge on any atom is 0.241 e. The van der Waals surface area contributed by atoms with Crippen LogP contribution in [-0.4, -0.2) is 74.4 Å². The lowest BCUT2D eigenvalue weighted by molar-refractivity contribution is -0.127. The summed E-state index contributed by atoms with van der Waals surface area (Å²) in [5.41, 5.74) is 3.11. The third kappa shape index (κ3) is 7.18. The Morgan fingerprint density at radius 1 is 1.19 bits per heavy atom. The minimum atomic E-state index is -0.0171. The highest BCUT2D eigenvalue weighted by Crippen LogP contribution is 2.22. The first-order valence-corrected chi connectivity index (χ1v) is 10.9. The second-order valence-electron chi connectivity index (χ2n) is 7.76. The molecule has 2 rings (SSSR count). The highest BCUT2D eigenvalue weighted by atomic mass is 16.5. The topological polar surface area (TPSA) is 87.0 Å². The summed E-state index contributed by atoms with van der Waals surface area (Å²) in [7, 11) is 9.06. The van der Waals surface area contributed by atoms with Crippen molar-refractivity contribution in [3.8, 4) is 5.88 Å². The van der Waals surface area contributed by atoms with Crippen molar-refractivity contribution in [2.75, 3.05) is 52.8 Å². The maximum atomic E-state index is 12.0. The van der Waals surface area contributed by atoms with Crippen molar-refractivity contribution in [1.29, 1.82) is 0 Å². The summed E-state index contributed by atoms with van der Waals surface area (Å²) in [4.78, 5) is 20.5. The lowest BCUT2D eigenvalue weighted by Crippen LogP contribution is -2.43. The zero-order valence-corrected chi connectivity index (χ0v) is 20.2. The molecule has 0 aliphatic heterocycles. The fourth-order valence-corrected chi connectivity index (χ4v) is 3.29. The quantitative estimate of drug-likeness (QED) is 0.312. The number of amides is 1. The van der Waals surface area contributed by atoms with Crippen LogP contribution in [0.3, 0.4) is 0 Å². The molecule has 9 nitrogen and oxygen atoms in total. The van der Waals surface area contributed by atoms with Crippen molar-refractivity contribution < 1.29 is 9.53 Å². The molecule has 2 N–H and O–H groups in total. The van der Waals surface area contributed by atoms with Gasteiger partial charge < -0.3 is 25.2 Å². The number of aromatic nitrogens is 2. The van der Waals surface area contributed by atoms with Gasteiger partial charge in [-0.3, -0.25) is 4.79 Å². The Hall–Kier alpha value is -3.23. The first-order chi connectivity index (χ1) is 15.4. The van der Waals surface area contributed by atoms with Crippen LogP contribution in [0.25, 0.3) is 0 Å². The molecule has 176 valence electrons. The summed E-state index contributed by atoms with van der Waals surface area (Å²) in [5.74, 6) is 1.28. The number of nitrogens with one attached hydrogen (secondary N) is 2. The molecule has 32 heavy (non-hydrogen) atoms. The molecule has 1 amide bonds. The molecule has 0 aliphatic carbocycles. The van der Waals surface area contributed by atoms with E-state index in [4.69, 9.17) is 9.73 Å². The predicted molar refractivity (Wildman–Crippen MR) is 129 cm³/mol. The number of carbonyl (C=O) groups is 1. The zero-order chi connectivity index (χ0) is 23.5. The molecule has 0 bridgehead atoms. The molecule has 9 heteroatoms. The van der Waals surface area contributed by atoms with E-state index in [9.17, 15) is 4.79 Å². The summed E-state index contributed by atoms with van der Waals surface area (Å²) in [6, 6.07) is 10.3. The zero-order valence-electron chi connectivity index (χ0n) is 20.2. The lowest BCUT2D eigenvalue weighted by Gasteiger charge is -2.20. The number of aliphatic imine (C=N–C) groups is 1. The van der Waals surface area contributed by atoms with E-state index < -0.39 is 0 Å². The van der Waals surface area contributed by atoms with Gasteiger partial charge in [0.05, 0.1) is 31.5 Å². The van der Waals surface area contributed by atoms with Crippen molar-refractivity contribution in [2.24, 2.45) is 12.0 Å². The Morgan fingerprint density at radius 3 is 2.53 bits per heavy atom. The van der Waals surface area contributed by atoms with Crippen molar-refractivity contribution in [1.82, 2.24) is 25.3 Å². The normalized spacial score (nSPS) is 11.2. The largest absolute Gasteiger partial charge is 0.481 e. The molecule has 0 fully saturated rings. The summed E-state index contributed by atoms with van der Waals surface area (Å²) in [6.07, 6.45) is 1.72. The number of para-hydroxylation sites is 1. The molecule has 0 radical (unpaired) electrons. The summed E-state index contributed by atoms with van der Waals surface area (Å²) >= 11 is 0. The number of benzene rings is 1. The van der Waals surface area contributed by atoms with Crippen LogP contribution in [0.2, 0.25) is 0 Å². The third-order valence-electron chi connectivity index (χ3n) is 5.16. The Bertz CT molecular complexity index is 878. The van der Waals surface area contributed by atoms with Crippen molar-refractivity contribution in [2.45, 2.75) is 26.3 Å². The number of likely N-dealkylation sites (N-methyl/N-ethyl adjacent to an activating group) is 1. The Labute approximate surface area is 191 Å². The minimum absolute atomic E-state index is 0.0171. The van der Waals surface area contributed by atoms with E-state index in [1.54, 1.807) is 30.8 Å². The van der Waals surface area contributed by atoms with Crippen LogP contribution in [0.5, 0.6) is 5.88 Å². The van der Waals surface area contributed by atoms with Crippen LogP contribution in [0, 0.1) is 0 Å². The van der Waals surface area contributed by atoms with Crippen molar-refractivity contribution in [3.63, 3.8) is 0 Å². The third-order valence-corrected chi connectivity index (χ3v) is 5.16. The number of hydrogen-bond acceptors (Lipinski definition) is 5. The highest BCUT2D eigenvalue weighted by molar-refractivity contribution is 5.86. The molecule has 0 atom stereocenters. The second-order valence-corrected chi connectivity index (χ2v) is 7.76. The standard InChI is InChI=1S/C23H37N7O2/c1-7-20-19(22(32-6)30(5)27-20)16-25-23(26-17-21(31)28(2)3)24-14-11-15-29(4)18-12-9-8-10-13-18/h8-10,12-13H,7,11,14-17H2,1-6H3,(H2,24,25,26). The van der Waals surface area contributed by atoms with E-state index in [0.717, 1.165) is 37.2 Å². The molecule has 0 saturated heterocycles. The number of hydrogen-bond donors (Lipinski definition) is 2. The van der Waals surface area contributed by atoms with Gasteiger partial charge in [-0.25, -0.2) is 9.67 Å². The van der Waals surface area contributed by atoms with E-state index in [-0.39, 0.29) is 12.5 Å². The molecular weight excluding hydrogens is 406 g/mol.